The number of hydrogen-bond acceptors (Lipinski definition) is 2. The zero-order chi connectivity index (χ0) is 37.0. The molecule has 4 aliphatic rings. The zero-order valence-corrected chi connectivity index (χ0v) is 30.9. The van der Waals surface area contributed by atoms with Crippen LogP contribution in [0.1, 0.15) is 22.3 Å². The van der Waals surface area contributed by atoms with E-state index in [-0.39, 0.29) is 0 Å². The molecule has 0 amide bonds. The molecule has 1 spiro atoms. The first-order valence-electron chi connectivity index (χ1n) is 19.9. The van der Waals surface area contributed by atoms with Gasteiger partial charge >= 0.3 is 0 Å². The van der Waals surface area contributed by atoms with Crippen molar-refractivity contribution in [3.05, 3.63) is 216 Å². The second kappa shape index (κ2) is 10.5. The van der Waals surface area contributed by atoms with Crippen LogP contribution in [0, 0.1) is 0 Å². The molecule has 0 N–H and O–H groups in total. The summed E-state index contributed by atoms with van der Waals surface area (Å²) in [4.78, 5) is 5.21. The van der Waals surface area contributed by atoms with Crippen LogP contribution in [0.4, 0.5) is 34.1 Å². The Hall–Kier alpha value is -7.42. The fourth-order valence-corrected chi connectivity index (χ4v) is 11.3. The number of fused-ring (bicyclic) bond motifs is 9. The van der Waals surface area contributed by atoms with E-state index in [9.17, 15) is 0 Å². The van der Waals surface area contributed by atoms with Gasteiger partial charge in [0.15, 0.2) is 0 Å². The van der Waals surface area contributed by atoms with Gasteiger partial charge in [0, 0.05) is 27.3 Å². The van der Waals surface area contributed by atoms with Crippen molar-refractivity contribution in [1.82, 2.24) is 0 Å². The third-order valence-corrected chi connectivity index (χ3v) is 13.4. The average molecular weight is 721 g/mol. The van der Waals surface area contributed by atoms with Crippen LogP contribution in [0.3, 0.4) is 0 Å². The predicted molar refractivity (Wildman–Crippen MR) is 237 cm³/mol. The summed E-state index contributed by atoms with van der Waals surface area (Å²) in [6.45, 7) is 0. The Morgan fingerprint density at radius 1 is 0.298 bits per heavy atom. The van der Waals surface area contributed by atoms with Crippen LogP contribution in [-0.2, 0) is 5.41 Å². The van der Waals surface area contributed by atoms with Gasteiger partial charge < -0.3 is 9.80 Å². The highest BCUT2D eigenvalue weighted by atomic mass is 15.2. The summed E-state index contributed by atoms with van der Waals surface area (Å²) >= 11 is 0. The summed E-state index contributed by atoms with van der Waals surface area (Å²) in [5.41, 5.74) is 19.8. The maximum atomic E-state index is 2.68. The van der Waals surface area contributed by atoms with E-state index in [0.717, 1.165) is 0 Å². The van der Waals surface area contributed by atoms with Gasteiger partial charge in [0.1, 0.15) is 0 Å². The second-order valence-corrected chi connectivity index (χ2v) is 16.0. The van der Waals surface area contributed by atoms with Gasteiger partial charge in [-0.05, 0) is 91.0 Å². The average Bonchev–Trinajstić information content (AvgIpc) is 3.28. The smallest absolute Gasteiger partial charge is 0.0783 e. The predicted octanol–water partition coefficient (Wildman–Crippen LogP) is 14.7. The molecule has 0 saturated heterocycles. The molecule has 2 nitrogen and oxygen atoms in total. The molecule has 0 aromatic heterocycles. The number of benzene rings is 10. The molecule has 0 fully saturated rings. The molecule has 4 heterocycles. The normalized spacial score (nSPS) is 14.4. The molecule has 262 valence electrons. The Morgan fingerprint density at radius 3 is 1.46 bits per heavy atom. The van der Waals surface area contributed by atoms with Crippen molar-refractivity contribution in [2.45, 2.75) is 5.41 Å². The van der Waals surface area contributed by atoms with Gasteiger partial charge in [0.2, 0.25) is 0 Å². The second-order valence-electron chi connectivity index (χ2n) is 16.0. The third kappa shape index (κ3) is 3.50. The highest BCUT2D eigenvalue weighted by molar-refractivity contribution is 6.26. The highest BCUT2D eigenvalue weighted by Gasteiger charge is 2.54. The van der Waals surface area contributed by atoms with E-state index in [4.69, 9.17) is 0 Å². The van der Waals surface area contributed by atoms with Crippen LogP contribution < -0.4 is 9.80 Å². The Balaban J connectivity index is 1.18. The summed E-state index contributed by atoms with van der Waals surface area (Å²) in [6, 6.07) is 73.2. The van der Waals surface area contributed by atoms with Crippen molar-refractivity contribution in [2.75, 3.05) is 9.80 Å². The Bertz CT molecular complexity index is 3260. The fourth-order valence-electron chi connectivity index (χ4n) is 11.3. The third-order valence-electron chi connectivity index (χ3n) is 13.4. The minimum atomic E-state index is -0.600. The zero-order valence-electron chi connectivity index (χ0n) is 30.9. The summed E-state index contributed by atoms with van der Waals surface area (Å²) in [5.74, 6) is 0. The SMILES string of the molecule is c1ccc(-c2cc3c4c(c2)-c2cccc5ccc6c(c25)N4c2c(ccc4cccc-3c24)C62c3ccccc3N(c3cccc4ccccc34)c3ccccc32)cc1. The Morgan fingerprint density at radius 2 is 0.807 bits per heavy atom. The molecule has 0 unspecified atom stereocenters. The monoisotopic (exact) mass is 720 g/mol. The minimum Gasteiger partial charge on any atom is -0.309 e. The van der Waals surface area contributed by atoms with E-state index in [1.165, 1.54) is 122 Å². The lowest BCUT2D eigenvalue weighted by Crippen LogP contribution is -2.43. The van der Waals surface area contributed by atoms with Gasteiger partial charge in [0.05, 0.1) is 39.5 Å². The summed E-state index contributed by atoms with van der Waals surface area (Å²) in [6.07, 6.45) is 0. The molecule has 0 aliphatic carbocycles. The van der Waals surface area contributed by atoms with Crippen LogP contribution in [0.25, 0.3) is 65.7 Å². The molecule has 10 aromatic carbocycles. The molecular formula is C55H32N2. The first kappa shape index (κ1) is 29.9. The molecular weight excluding hydrogens is 689 g/mol. The lowest BCUT2D eigenvalue weighted by atomic mass is 9.58. The summed E-state index contributed by atoms with van der Waals surface area (Å²) < 4.78 is 0. The lowest BCUT2D eigenvalue weighted by molar-refractivity contribution is 0.721. The van der Waals surface area contributed by atoms with Crippen LogP contribution >= 0.6 is 0 Å². The molecule has 2 heteroatoms. The van der Waals surface area contributed by atoms with Crippen LogP contribution in [0.2, 0.25) is 0 Å². The highest BCUT2D eigenvalue weighted by Crippen LogP contribution is 2.70. The Kier molecular flexibility index (Phi) is 5.48. The van der Waals surface area contributed by atoms with Crippen LogP contribution in [-0.4, -0.2) is 0 Å². The van der Waals surface area contributed by atoms with Crippen molar-refractivity contribution in [3.8, 4) is 33.4 Å². The molecule has 10 aromatic rings. The van der Waals surface area contributed by atoms with Gasteiger partial charge in [-0.3, -0.25) is 0 Å². The molecule has 0 saturated carbocycles. The van der Waals surface area contributed by atoms with E-state index >= 15 is 0 Å². The van der Waals surface area contributed by atoms with Gasteiger partial charge in [-0.2, -0.15) is 0 Å². The largest absolute Gasteiger partial charge is 0.309 e. The van der Waals surface area contributed by atoms with E-state index in [1.807, 2.05) is 0 Å². The van der Waals surface area contributed by atoms with Gasteiger partial charge in [-0.15, -0.1) is 0 Å². The van der Waals surface area contributed by atoms with Crippen molar-refractivity contribution in [2.24, 2.45) is 0 Å². The molecule has 57 heavy (non-hydrogen) atoms. The van der Waals surface area contributed by atoms with E-state index in [2.05, 4.69) is 204 Å². The van der Waals surface area contributed by atoms with Gasteiger partial charge in [-0.1, -0.05) is 164 Å². The molecule has 14 rings (SSSR count). The van der Waals surface area contributed by atoms with Gasteiger partial charge in [0.25, 0.3) is 0 Å². The molecule has 0 atom stereocenters. The van der Waals surface area contributed by atoms with Gasteiger partial charge in [-0.25, -0.2) is 0 Å². The lowest BCUT2D eigenvalue weighted by Gasteiger charge is -2.54. The van der Waals surface area contributed by atoms with Crippen molar-refractivity contribution in [1.29, 1.82) is 0 Å². The maximum absolute atomic E-state index is 2.68. The minimum absolute atomic E-state index is 0.600. The number of rotatable bonds is 2. The van der Waals surface area contributed by atoms with Crippen molar-refractivity contribution < 1.29 is 0 Å². The van der Waals surface area contributed by atoms with E-state index in [0.29, 0.717) is 0 Å². The fraction of sp³-hybridized carbons (Fsp3) is 0.0182. The molecule has 0 bridgehead atoms. The standard InChI is InChI=1S/C55H32N2/c1-2-13-33(14-3-1)37-31-41-39-20-10-17-35-27-29-45-53(50(35)39)57-52(41)42(32-37)40-21-11-18-36-28-30-46(54(57)51(36)40)55(45)43-22-6-8-24-48(43)56(49-25-9-7-23-44(49)55)47-26-12-16-34-15-4-5-19-38(34)47/h1-32H. The van der Waals surface area contributed by atoms with E-state index in [1.54, 1.807) is 0 Å². The first-order chi connectivity index (χ1) is 28.3. The number of para-hydroxylation sites is 2. The van der Waals surface area contributed by atoms with Crippen molar-refractivity contribution in [3.63, 3.8) is 0 Å². The van der Waals surface area contributed by atoms with Crippen LogP contribution in [0.15, 0.2) is 194 Å². The topological polar surface area (TPSA) is 6.48 Å². The Labute approximate surface area is 330 Å². The maximum Gasteiger partial charge on any atom is 0.0783 e. The summed E-state index contributed by atoms with van der Waals surface area (Å²) in [5, 5.41) is 7.66. The summed E-state index contributed by atoms with van der Waals surface area (Å²) in [7, 11) is 0. The molecule has 4 aliphatic heterocycles. The van der Waals surface area contributed by atoms with Crippen molar-refractivity contribution >= 4 is 66.4 Å². The number of nitrogens with zero attached hydrogens (tertiary/aromatic N) is 2. The van der Waals surface area contributed by atoms with E-state index < -0.39 is 5.41 Å². The number of anilines is 6. The quantitative estimate of drug-likeness (QED) is 0.175. The van der Waals surface area contributed by atoms with Crippen LogP contribution in [0.5, 0.6) is 0 Å². The first-order valence-corrected chi connectivity index (χ1v) is 19.9. The number of hydrogen-bond donors (Lipinski definition) is 0. The molecule has 0 radical (unpaired) electrons.